The maximum atomic E-state index is 10.9. The van der Waals surface area contributed by atoms with Gasteiger partial charge in [-0.1, -0.05) is 30.3 Å². The Labute approximate surface area is 92.9 Å². The number of hydrogen-bond donors (Lipinski definition) is 3. The van der Waals surface area contributed by atoms with Gasteiger partial charge >= 0.3 is 5.69 Å². The highest BCUT2D eigenvalue weighted by atomic mass is 16.1. The molecule has 0 aliphatic rings. The molecule has 0 amide bonds. The van der Waals surface area contributed by atoms with Crippen LogP contribution in [0.4, 0.5) is 5.95 Å². The van der Waals surface area contributed by atoms with Crippen molar-refractivity contribution in [2.75, 3.05) is 5.32 Å². The molecule has 0 unspecified atom stereocenters. The Hall–Kier alpha value is -2.04. The minimum atomic E-state index is -0.314. The molecule has 3 N–H and O–H groups in total. The first-order valence-corrected chi connectivity index (χ1v) is 5.06. The van der Waals surface area contributed by atoms with E-state index in [0.717, 1.165) is 5.56 Å². The van der Waals surface area contributed by atoms with E-state index in [4.69, 9.17) is 0 Å². The third-order valence-electron chi connectivity index (χ3n) is 2.43. The van der Waals surface area contributed by atoms with Gasteiger partial charge < -0.3 is 5.32 Å². The van der Waals surface area contributed by atoms with E-state index in [1.54, 1.807) is 0 Å². The van der Waals surface area contributed by atoms with Gasteiger partial charge in [-0.3, -0.25) is 4.98 Å². The van der Waals surface area contributed by atoms with Crippen molar-refractivity contribution in [2.45, 2.75) is 19.4 Å². The number of aromatic amines is 2. The number of nitrogens with zero attached hydrogens (tertiary/aromatic N) is 1. The summed E-state index contributed by atoms with van der Waals surface area (Å²) in [6, 6.07) is 9.98. The second-order valence-electron chi connectivity index (χ2n) is 4.14. The van der Waals surface area contributed by atoms with Gasteiger partial charge in [0.05, 0.1) is 5.54 Å². The molecule has 1 aromatic carbocycles. The molecule has 0 atom stereocenters. The lowest BCUT2D eigenvalue weighted by Crippen LogP contribution is -2.28. The highest BCUT2D eigenvalue weighted by Gasteiger charge is 2.20. The maximum absolute atomic E-state index is 10.9. The van der Waals surface area contributed by atoms with Crippen molar-refractivity contribution in [1.82, 2.24) is 15.2 Å². The van der Waals surface area contributed by atoms with Gasteiger partial charge in [-0.15, -0.1) is 5.10 Å². The molecule has 5 nitrogen and oxygen atoms in total. The molecule has 0 aliphatic heterocycles. The molecule has 0 aliphatic carbocycles. The normalized spacial score (nSPS) is 11.4. The smallest absolute Gasteiger partial charge is 0.342 e. The molecule has 16 heavy (non-hydrogen) atoms. The largest absolute Gasteiger partial charge is 0.346 e. The quantitative estimate of drug-likeness (QED) is 0.730. The van der Waals surface area contributed by atoms with Crippen LogP contribution in [0.25, 0.3) is 0 Å². The Bertz CT molecular complexity index is 512. The summed E-state index contributed by atoms with van der Waals surface area (Å²) < 4.78 is 0. The van der Waals surface area contributed by atoms with Crippen LogP contribution in [-0.4, -0.2) is 15.2 Å². The third-order valence-corrected chi connectivity index (χ3v) is 2.43. The Morgan fingerprint density at radius 1 is 1.25 bits per heavy atom. The zero-order valence-electron chi connectivity index (χ0n) is 9.24. The summed E-state index contributed by atoms with van der Waals surface area (Å²) in [7, 11) is 0. The SMILES string of the molecule is CC(C)(Nc1n[nH]c(=O)[nH]1)c1ccccc1. The zero-order chi connectivity index (χ0) is 11.6. The average molecular weight is 218 g/mol. The molecule has 1 aromatic heterocycles. The van der Waals surface area contributed by atoms with Crippen LogP contribution in [0.1, 0.15) is 19.4 Å². The first-order chi connectivity index (χ1) is 7.58. The van der Waals surface area contributed by atoms with Gasteiger partial charge in [0.1, 0.15) is 0 Å². The van der Waals surface area contributed by atoms with Gasteiger partial charge in [0, 0.05) is 0 Å². The summed E-state index contributed by atoms with van der Waals surface area (Å²) in [6.07, 6.45) is 0. The van der Waals surface area contributed by atoms with E-state index in [1.807, 2.05) is 44.2 Å². The van der Waals surface area contributed by atoms with Gasteiger partial charge in [-0.25, -0.2) is 9.89 Å². The fraction of sp³-hybridized carbons (Fsp3) is 0.273. The van der Waals surface area contributed by atoms with Crippen molar-refractivity contribution in [3.63, 3.8) is 0 Å². The Kier molecular flexibility index (Phi) is 2.52. The van der Waals surface area contributed by atoms with Gasteiger partial charge in [0.25, 0.3) is 0 Å². The minimum Gasteiger partial charge on any atom is -0.346 e. The van der Waals surface area contributed by atoms with E-state index in [9.17, 15) is 4.79 Å². The standard InChI is InChI=1S/C11H14N4O/c1-11(2,8-6-4-3-5-7-8)13-9-12-10(16)15-14-9/h3-7H,1-2H3,(H3,12,13,14,15,16). The molecule has 0 radical (unpaired) electrons. The van der Waals surface area contributed by atoms with Crippen LogP contribution in [-0.2, 0) is 5.54 Å². The number of H-pyrrole nitrogens is 2. The molecule has 0 saturated heterocycles. The lowest BCUT2D eigenvalue weighted by atomic mass is 9.95. The van der Waals surface area contributed by atoms with Crippen LogP contribution in [0.3, 0.4) is 0 Å². The molecule has 0 fully saturated rings. The monoisotopic (exact) mass is 218 g/mol. The predicted molar refractivity (Wildman–Crippen MR) is 62.3 cm³/mol. The molecule has 0 spiro atoms. The van der Waals surface area contributed by atoms with E-state index >= 15 is 0 Å². The number of aromatic nitrogens is 3. The van der Waals surface area contributed by atoms with Crippen LogP contribution in [0.2, 0.25) is 0 Å². The maximum Gasteiger partial charge on any atom is 0.342 e. The van der Waals surface area contributed by atoms with Crippen LogP contribution < -0.4 is 11.0 Å². The van der Waals surface area contributed by atoms with E-state index in [0.29, 0.717) is 5.95 Å². The fourth-order valence-corrected chi connectivity index (χ4v) is 1.55. The van der Waals surface area contributed by atoms with E-state index < -0.39 is 0 Å². The molecular weight excluding hydrogens is 204 g/mol. The first-order valence-electron chi connectivity index (χ1n) is 5.06. The van der Waals surface area contributed by atoms with Crippen molar-refractivity contribution in [3.8, 4) is 0 Å². The van der Waals surface area contributed by atoms with E-state index in [-0.39, 0.29) is 11.2 Å². The molecule has 0 bridgehead atoms. The molecule has 5 heteroatoms. The summed E-state index contributed by atoms with van der Waals surface area (Å²) in [5, 5.41) is 9.30. The summed E-state index contributed by atoms with van der Waals surface area (Å²) in [5.41, 5.74) is 0.518. The number of benzene rings is 1. The molecule has 1 heterocycles. The van der Waals surface area contributed by atoms with Gasteiger partial charge in [-0.05, 0) is 19.4 Å². The van der Waals surface area contributed by atoms with Crippen molar-refractivity contribution in [2.24, 2.45) is 0 Å². The fourth-order valence-electron chi connectivity index (χ4n) is 1.55. The number of nitrogens with one attached hydrogen (secondary N) is 3. The van der Waals surface area contributed by atoms with Crippen molar-refractivity contribution < 1.29 is 0 Å². The second-order valence-corrected chi connectivity index (χ2v) is 4.14. The number of rotatable bonds is 3. The van der Waals surface area contributed by atoms with Crippen molar-refractivity contribution >= 4 is 5.95 Å². The Morgan fingerprint density at radius 3 is 2.50 bits per heavy atom. The van der Waals surface area contributed by atoms with E-state index in [2.05, 4.69) is 20.5 Å². The van der Waals surface area contributed by atoms with Gasteiger partial charge in [0.2, 0.25) is 5.95 Å². The van der Waals surface area contributed by atoms with Gasteiger partial charge in [-0.2, -0.15) is 0 Å². The summed E-state index contributed by atoms with van der Waals surface area (Å²) in [6.45, 7) is 4.05. The molecular formula is C11H14N4O. The molecule has 2 rings (SSSR count). The molecule has 2 aromatic rings. The highest BCUT2D eigenvalue weighted by molar-refractivity contribution is 5.34. The lowest BCUT2D eigenvalue weighted by molar-refractivity contribution is 0.602. The van der Waals surface area contributed by atoms with Crippen LogP contribution in [0, 0.1) is 0 Å². The topological polar surface area (TPSA) is 73.6 Å². The number of anilines is 1. The minimum absolute atomic E-state index is 0.292. The van der Waals surface area contributed by atoms with E-state index in [1.165, 1.54) is 0 Å². The lowest BCUT2D eigenvalue weighted by Gasteiger charge is -2.26. The zero-order valence-corrected chi connectivity index (χ0v) is 9.24. The molecule has 0 saturated carbocycles. The third kappa shape index (κ3) is 2.13. The van der Waals surface area contributed by atoms with Gasteiger partial charge in [0.15, 0.2) is 0 Å². The van der Waals surface area contributed by atoms with Crippen LogP contribution in [0.5, 0.6) is 0 Å². The summed E-state index contributed by atoms with van der Waals surface area (Å²) in [4.78, 5) is 13.5. The second kappa shape index (κ2) is 3.84. The average Bonchev–Trinajstić information content (AvgIpc) is 2.64. The van der Waals surface area contributed by atoms with Crippen LogP contribution in [0.15, 0.2) is 35.1 Å². The number of hydrogen-bond acceptors (Lipinski definition) is 3. The Morgan fingerprint density at radius 2 is 1.94 bits per heavy atom. The van der Waals surface area contributed by atoms with Crippen molar-refractivity contribution in [3.05, 3.63) is 46.4 Å². The highest BCUT2D eigenvalue weighted by Crippen LogP contribution is 2.22. The molecule has 84 valence electrons. The summed E-state index contributed by atoms with van der Waals surface area (Å²) >= 11 is 0. The van der Waals surface area contributed by atoms with Crippen LogP contribution >= 0.6 is 0 Å². The van der Waals surface area contributed by atoms with Crippen molar-refractivity contribution in [1.29, 1.82) is 0 Å². The first kappa shape index (κ1) is 10.5. The summed E-state index contributed by atoms with van der Waals surface area (Å²) in [5.74, 6) is 0.443. The Balaban J connectivity index is 2.23. The predicted octanol–water partition coefficient (Wildman–Crippen LogP) is 1.45.